The first kappa shape index (κ1) is 24.2. The van der Waals surface area contributed by atoms with E-state index in [1.165, 1.54) is 25.3 Å². The molecule has 3 fully saturated rings. The number of Topliss-reactive ketones (excluding diaryl/α,β-unsaturated/α-hetero) is 1. The third-order valence-electron chi connectivity index (χ3n) is 8.53. The SMILES string of the molecule is CC(=O)c1c(C)c2cnc(Nc3ccc(C4CC(N5CCNCC5)C4)cn3)nc2n(C2CCCC2)c1=O. The Kier molecular flexibility index (Phi) is 6.50. The molecule has 2 N–H and O–H groups in total. The molecule has 3 aromatic rings. The summed E-state index contributed by atoms with van der Waals surface area (Å²) < 4.78 is 1.74. The number of anilines is 2. The largest absolute Gasteiger partial charge is 0.314 e. The fourth-order valence-corrected chi connectivity index (χ4v) is 6.35. The van der Waals surface area contributed by atoms with E-state index in [1.807, 2.05) is 19.2 Å². The maximum Gasteiger partial charge on any atom is 0.263 e. The standard InChI is InChI=1S/C28H35N7O2/c1-17-23-16-31-28(33-26(23)35(21-5-3-4-6-21)27(37)25(17)18(2)36)32-24-8-7-19(15-30-24)20-13-22(14-20)34-11-9-29-10-12-34/h7-8,15-16,20-22,29H,3-6,9-14H2,1-2H3,(H,30,31,32,33). The van der Waals surface area contributed by atoms with Crippen molar-refractivity contribution in [3.8, 4) is 0 Å². The van der Waals surface area contributed by atoms with Crippen LogP contribution in [0.4, 0.5) is 11.8 Å². The molecule has 3 aliphatic rings. The smallest absolute Gasteiger partial charge is 0.263 e. The summed E-state index contributed by atoms with van der Waals surface area (Å²) >= 11 is 0. The van der Waals surface area contributed by atoms with Gasteiger partial charge in [0.05, 0.1) is 5.56 Å². The summed E-state index contributed by atoms with van der Waals surface area (Å²) in [5.41, 5.74) is 2.52. The summed E-state index contributed by atoms with van der Waals surface area (Å²) in [6.45, 7) is 7.74. The molecule has 0 radical (unpaired) electrons. The first-order valence-corrected chi connectivity index (χ1v) is 13.6. The molecule has 37 heavy (non-hydrogen) atoms. The van der Waals surface area contributed by atoms with Gasteiger partial charge in [0.15, 0.2) is 5.78 Å². The van der Waals surface area contributed by atoms with Gasteiger partial charge < -0.3 is 10.6 Å². The zero-order chi connectivity index (χ0) is 25.5. The van der Waals surface area contributed by atoms with Crippen LogP contribution in [0, 0.1) is 6.92 Å². The third-order valence-corrected chi connectivity index (χ3v) is 8.53. The van der Waals surface area contributed by atoms with Crippen LogP contribution in [-0.4, -0.2) is 62.4 Å². The second kappa shape index (κ2) is 9.95. The van der Waals surface area contributed by atoms with Gasteiger partial charge in [-0.3, -0.25) is 19.1 Å². The average Bonchev–Trinajstić information content (AvgIpc) is 3.39. The van der Waals surface area contributed by atoms with E-state index in [0.29, 0.717) is 34.9 Å². The minimum atomic E-state index is -0.240. The first-order valence-electron chi connectivity index (χ1n) is 13.6. The fraction of sp³-hybridized carbons (Fsp3) is 0.536. The number of ketones is 1. The number of fused-ring (bicyclic) bond motifs is 1. The summed E-state index contributed by atoms with van der Waals surface area (Å²) in [5, 5.41) is 7.39. The number of rotatable bonds is 6. The minimum Gasteiger partial charge on any atom is -0.314 e. The van der Waals surface area contributed by atoms with E-state index < -0.39 is 0 Å². The summed E-state index contributed by atoms with van der Waals surface area (Å²) in [6, 6.07) is 4.88. The molecule has 1 saturated heterocycles. The minimum absolute atomic E-state index is 0.0568. The lowest BCUT2D eigenvalue weighted by Crippen LogP contribution is -2.52. The van der Waals surface area contributed by atoms with Gasteiger partial charge in [-0.15, -0.1) is 0 Å². The van der Waals surface area contributed by atoms with Crippen molar-refractivity contribution in [1.29, 1.82) is 0 Å². The Morgan fingerprint density at radius 1 is 1.05 bits per heavy atom. The van der Waals surface area contributed by atoms with Gasteiger partial charge in [0.2, 0.25) is 5.95 Å². The molecule has 194 valence electrons. The molecule has 0 spiro atoms. The number of aryl methyl sites for hydroxylation is 1. The Morgan fingerprint density at radius 3 is 2.49 bits per heavy atom. The zero-order valence-corrected chi connectivity index (χ0v) is 21.7. The van der Waals surface area contributed by atoms with Crippen LogP contribution in [0.2, 0.25) is 0 Å². The Morgan fingerprint density at radius 2 is 1.81 bits per heavy atom. The van der Waals surface area contributed by atoms with Gasteiger partial charge >= 0.3 is 0 Å². The van der Waals surface area contributed by atoms with Crippen molar-refractivity contribution in [1.82, 2.24) is 29.7 Å². The summed E-state index contributed by atoms with van der Waals surface area (Å²) in [7, 11) is 0. The van der Waals surface area contributed by atoms with Crippen LogP contribution in [0.5, 0.6) is 0 Å². The molecule has 2 saturated carbocycles. The van der Waals surface area contributed by atoms with Gasteiger partial charge in [-0.1, -0.05) is 18.9 Å². The zero-order valence-electron chi connectivity index (χ0n) is 21.7. The number of carbonyl (C=O) groups excluding carboxylic acids is 1. The van der Waals surface area contributed by atoms with Gasteiger partial charge in [0, 0.05) is 56.0 Å². The Labute approximate surface area is 216 Å². The van der Waals surface area contributed by atoms with Crippen molar-refractivity contribution >= 4 is 28.6 Å². The topological polar surface area (TPSA) is 105 Å². The molecule has 1 aliphatic heterocycles. The molecular formula is C28H35N7O2. The predicted octanol–water partition coefficient (Wildman–Crippen LogP) is 3.71. The molecule has 0 amide bonds. The van der Waals surface area contributed by atoms with Crippen LogP contribution in [0.1, 0.15) is 78.9 Å². The van der Waals surface area contributed by atoms with Crippen LogP contribution in [0.3, 0.4) is 0 Å². The lowest BCUT2D eigenvalue weighted by Gasteiger charge is -2.44. The van der Waals surface area contributed by atoms with Crippen LogP contribution in [0.25, 0.3) is 11.0 Å². The van der Waals surface area contributed by atoms with E-state index in [-0.39, 0.29) is 22.9 Å². The van der Waals surface area contributed by atoms with Crippen molar-refractivity contribution < 1.29 is 4.79 Å². The van der Waals surface area contributed by atoms with Gasteiger partial charge in [-0.05, 0) is 62.6 Å². The summed E-state index contributed by atoms with van der Waals surface area (Å²) in [4.78, 5) is 42.3. The van der Waals surface area contributed by atoms with Crippen LogP contribution in [-0.2, 0) is 0 Å². The van der Waals surface area contributed by atoms with E-state index >= 15 is 0 Å². The van der Waals surface area contributed by atoms with Crippen LogP contribution < -0.4 is 16.2 Å². The molecule has 9 heteroatoms. The van der Waals surface area contributed by atoms with Crippen molar-refractivity contribution in [3.05, 3.63) is 51.6 Å². The normalized spacial score (nSPS) is 22.8. The maximum atomic E-state index is 13.4. The fourth-order valence-electron chi connectivity index (χ4n) is 6.35. The van der Waals surface area contributed by atoms with Gasteiger partial charge in [-0.2, -0.15) is 4.98 Å². The molecule has 2 aliphatic carbocycles. The summed E-state index contributed by atoms with van der Waals surface area (Å²) in [6.07, 6.45) is 10.1. The van der Waals surface area contributed by atoms with Gasteiger partial charge in [0.25, 0.3) is 5.56 Å². The molecule has 0 aromatic carbocycles. The Balaban J connectivity index is 1.23. The molecule has 0 bridgehead atoms. The highest BCUT2D eigenvalue weighted by atomic mass is 16.1. The molecule has 6 rings (SSSR count). The Bertz CT molecular complexity index is 1370. The second-order valence-electron chi connectivity index (χ2n) is 10.8. The summed E-state index contributed by atoms with van der Waals surface area (Å²) in [5.74, 6) is 1.43. The molecule has 0 atom stereocenters. The van der Waals surface area contributed by atoms with E-state index in [0.717, 1.165) is 57.2 Å². The van der Waals surface area contributed by atoms with Crippen molar-refractivity contribution in [2.75, 3.05) is 31.5 Å². The number of pyridine rings is 2. The van der Waals surface area contributed by atoms with Crippen molar-refractivity contribution in [2.45, 2.75) is 70.4 Å². The van der Waals surface area contributed by atoms with Crippen LogP contribution >= 0.6 is 0 Å². The van der Waals surface area contributed by atoms with Gasteiger partial charge in [0.1, 0.15) is 11.5 Å². The molecule has 3 aromatic heterocycles. The molecule has 0 unspecified atom stereocenters. The second-order valence-corrected chi connectivity index (χ2v) is 10.8. The van der Waals surface area contributed by atoms with E-state index in [9.17, 15) is 9.59 Å². The number of nitrogens with zero attached hydrogens (tertiary/aromatic N) is 5. The molecular weight excluding hydrogens is 466 g/mol. The lowest BCUT2D eigenvalue weighted by atomic mass is 9.75. The number of aromatic nitrogens is 4. The average molecular weight is 502 g/mol. The quantitative estimate of drug-likeness (QED) is 0.493. The number of hydrogen-bond donors (Lipinski definition) is 2. The number of piperazine rings is 1. The molecule has 4 heterocycles. The van der Waals surface area contributed by atoms with E-state index in [4.69, 9.17) is 4.98 Å². The van der Waals surface area contributed by atoms with Crippen LogP contribution in [0.15, 0.2) is 29.3 Å². The monoisotopic (exact) mass is 501 g/mol. The maximum absolute atomic E-state index is 13.4. The lowest BCUT2D eigenvalue weighted by molar-refractivity contribution is 0.0954. The molecule has 9 nitrogen and oxygen atoms in total. The highest BCUT2D eigenvalue weighted by molar-refractivity contribution is 5.99. The predicted molar refractivity (Wildman–Crippen MR) is 144 cm³/mol. The first-order chi connectivity index (χ1) is 18.0. The Hall–Kier alpha value is -3.17. The highest BCUT2D eigenvalue weighted by Crippen LogP contribution is 2.40. The third kappa shape index (κ3) is 4.55. The van der Waals surface area contributed by atoms with Crippen molar-refractivity contribution in [3.63, 3.8) is 0 Å². The van der Waals surface area contributed by atoms with Crippen molar-refractivity contribution in [2.24, 2.45) is 0 Å². The van der Waals surface area contributed by atoms with E-state index in [1.54, 1.807) is 10.8 Å². The van der Waals surface area contributed by atoms with E-state index in [2.05, 4.69) is 31.6 Å². The number of carbonyl (C=O) groups is 1. The van der Waals surface area contributed by atoms with Gasteiger partial charge in [-0.25, -0.2) is 9.97 Å². The number of nitrogens with one attached hydrogen (secondary N) is 2. The number of hydrogen-bond acceptors (Lipinski definition) is 8. The highest BCUT2D eigenvalue weighted by Gasteiger charge is 2.35.